The highest BCUT2D eigenvalue weighted by molar-refractivity contribution is 9.10. The molecule has 1 unspecified atom stereocenters. The van der Waals surface area contributed by atoms with E-state index in [-0.39, 0.29) is 15.6 Å². The van der Waals surface area contributed by atoms with Gasteiger partial charge in [-0.1, -0.05) is 40.5 Å². The fourth-order valence-electron chi connectivity index (χ4n) is 1.21. The number of Topliss-reactive ketones (excluding diaryl/α,β-unsaturated/α-hetero) is 1. The Balaban J connectivity index is 2.73. The summed E-state index contributed by atoms with van der Waals surface area (Å²) in [6.45, 7) is 1.81. The maximum absolute atomic E-state index is 12.9. The molecule has 0 aliphatic carbocycles. The molecule has 1 atom stereocenters. The molecule has 0 amide bonds. The Labute approximate surface area is 102 Å². The molecule has 1 aromatic carbocycles. The van der Waals surface area contributed by atoms with Crippen LogP contribution < -0.4 is 0 Å². The molecular weight excluding hydrogens is 282 g/mol. The average molecular weight is 294 g/mol. The van der Waals surface area contributed by atoms with Gasteiger partial charge in [0.25, 0.3) is 0 Å². The van der Waals surface area contributed by atoms with E-state index in [1.54, 1.807) is 12.1 Å². The van der Waals surface area contributed by atoms with Crippen molar-refractivity contribution in [3.05, 3.63) is 34.6 Å². The van der Waals surface area contributed by atoms with Crippen molar-refractivity contribution in [2.75, 3.05) is 0 Å². The summed E-state index contributed by atoms with van der Waals surface area (Å²) >= 11 is 8.93. The summed E-state index contributed by atoms with van der Waals surface area (Å²) in [7, 11) is 0. The van der Waals surface area contributed by atoms with Crippen molar-refractivity contribution in [3.8, 4) is 0 Å². The van der Waals surface area contributed by atoms with E-state index in [2.05, 4.69) is 15.9 Å². The van der Waals surface area contributed by atoms with Crippen molar-refractivity contribution in [1.82, 2.24) is 0 Å². The highest BCUT2D eigenvalue weighted by atomic mass is 79.9. The Kier molecular flexibility index (Phi) is 4.74. The second-order valence-corrected chi connectivity index (χ2v) is 4.75. The van der Waals surface area contributed by atoms with Crippen LogP contribution in [0.2, 0.25) is 5.02 Å². The van der Waals surface area contributed by atoms with Crippen LogP contribution in [0.5, 0.6) is 0 Å². The third kappa shape index (κ3) is 3.58. The molecule has 0 heterocycles. The SMILES string of the molecule is CCC(=O)C(Br)Cc1ccc(F)c(Cl)c1. The van der Waals surface area contributed by atoms with Crippen molar-refractivity contribution in [2.45, 2.75) is 24.6 Å². The number of carbonyl (C=O) groups excluding carboxylic acids is 1. The Bertz CT molecular complexity index is 368. The summed E-state index contributed by atoms with van der Waals surface area (Å²) in [5.74, 6) is -0.302. The highest BCUT2D eigenvalue weighted by Gasteiger charge is 2.13. The highest BCUT2D eigenvalue weighted by Crippen LogP contribution is 2.19. The van der Waals surface area contributed by atoms with Crippen LogP contribution in [0.1, 0.15) is 18.9 Å². The molecule has 0 aliphatic heterocycles. The van der Waals surface area contributed by atoms with Gasteiger partial charge in [-0.15, -0.1) is 0 Å². The van der Waals surface area contributed by atoms with Gasteiger partial charge in [0.2, 0.25) is 0 Å². The van der Waals surface area contributed by atoms with Gasteiger partial charge >= 0.3 is 0 Å². The minimum Gasteiger partial charge on any atom is -0.298 e. The van der Waals surface area contributed by atoms with Crippen molar-refractivity contribution in [1.29, 1.82) is 0 Å². The van der Waals surface area contributed by atoms with Crippen LogP contribution in [0.4, 0.5) is 4.39 Å². The van der Waals surface area contributed by atoms with E-state index < -0.39 is 5.82 Å². The molecule has 0 N–H and O–H groups in total. The first-order valence-corrected chi connectivity index (χ1v) is 5.94. The molecule has 0 saturated carbocycles. The quantitative estimate of drug-likeness (QED) is 0.773. The summed E-state index contributed by atoms with van der Waals surface area (Å²) in [5, 5.41) is 0.0937. The molecule has 0 spiro atoms. The molecule has 82 valence electrons. The molecule has 1 nitrogen and oxygen atoms in total. The lowest BCUT2D eigenvalue weighted by atomic mass is 10.1. The van der Waals surface area contributed by atoms with Gasteiger partial charge in [0.05, 0.1) is 9.85 Å². The molecule has 0 bridgehead atoms. The number of hydrogen-bond donors (Lipinski definition) is 0. The maximum atomic E-state index is 12.9. The lowest BCUT2D eigenvalue weighted by molar-refractivity contribution is -0.118. The Morgan fingerprint density at radius 3 is 2.80 bits per heavy atom. The van der Waals surface area contributed by atoms with Gasteiger partial charge in [0.1, 0.15) is 11.6 Å². The number of carbonyl (C=O) groups is 1. The summed E-state index contributed by atoms with van der Waals surface area (Å²) in [6, 6.07) is 4.50. The van der Waals surface area contributed by atoms with E-state index in [1.807, 2.05) is 6.92 Å². The van der Waals surface area contributed by atoms with Gasteiger partial charge in [-0.3, -0.25) is 4.79 Å². The number of rotatable bonds is 4. The van der Waals surface area contributed by atoms with Crippen LogP contribution in [0.3, 0.4) is 0 Å². The Morgan fingerprint density at radius 2 is 2.27 bits per heavy atom. The van der Waals surface area contributed by atoms with E-state index >= 15 is 0 Å². The zero-order valence-corrected chi connectivity index (χ0v) is 10.6. The molecule has 0 aromatic heterocycles. The molecular formula is C11H11BrClFO. The number of benzene rings is 1. The second kappa shape index (κ2) is 5.61. The number of hydrogen-bond acceptors (Lipinski definition) is 1. The van der Waals surface area contributed by atoms with Gasteiger partial charge < -0.3 is 0 Å². The van der Waals surface area contributed by atoms with Crippen molar-refractivity contribution < 1.29 is 9.18 Å². The van der Waals surface area contributed by atoms with Crippen LogP contribution in [-0.4, -0.2) is 10.6 Å². The lowest BCUT2D eigenvalue weighted by Gasteiger charge is -2.07. The minimum atomic E-state index is -0.437. The zero-order valence-electron chi connectivity index (χ0n) is 8.27. The average Bonchev–Trinajstić information content (AvgIpc) is 2.22. The van der Waals surface area contributed by atoms with Crippen LogP contribution in [-0.2, 0) is 11.2 Å². The van der Waals surface area contributed by atoms with Crippen LogP contribution in [0.25, 0.3) is 0 Å². The fraction of sp³-hybridized carbons (Fsp3) is 0.364. The summed E-state index contributed by atoms with van der Waals surface area (Å²) in [6.07, 6.45) is 1.03. The van der Waals surface area contributed by atoms with Crippen molar-refractivity contribution >= 4 is 33.3 Å². The molecule has 0 fully saturated rings. The van der Waals surface area contributed by atoms with E-state index in [4.69, 9.17) is 11.6 Å². The smallest absolute Gasteiger partial charge is 0.146 e. The van der Waals surface area contributed by atoms with E-state index in [0.29, 0.717) is 12.8 Å². The first-order chi connectivity index (χ1) is 7.04. The summed E-state index contributed by atoms with van der Waals surface area (Å²) in [5.41, 5.74) is 0.852. The van der Waals surface area contributed by atoms with Crippen LogP contribution in [0, 0.1) is 5.82 Å². The molecule has 1 aromatic rings. The topological polar surface area (TPSA) is 17.1 Å². The third-order valence-corrected chi connectivity index (χ3v) is 3.22. The third-order valence-electron chi connectivity index (χ3n) is 2.10. The van der Waals surface area contributed by atoms with Gasteiger partial charge in [-0.05, 0) is 24.1 Å². The normalized spacial score (nSPS) is 12.5. The van der Waals surface area contributed by atoms with Gasteiger partial charge in [0, 0.05) is 6.42 Å². The first kappa shape index (κ1) is 12.7. The lowest BCUT2D eigenvalue weighted by Crippen LogP contribution is -2.15. The molecule has 0 radical (unpaired) electrons. The van der Waals surface area contributed by atoms with E-state index in [1.165, 1.54) is 6.07 Å². The van der Waals surface area contributed by atoms with Crippen molar-refractivity contribution in [3.63, 3.8) is 0 Å². The molecule has 4 heteroatoms. The fourth-order valence-corrected chi connectivity index (χ4v) is 2.11. The Morgan fingerprint density at radius 1 is 1.60 bits per heavy atom. The van der Waals surface area contributed by atoms with E-state index in [0.717, 1.165) is 5.56 Å². The second-order valence-electron chi connectivity index (χ2n) is 3.24. The largest absolute Gasteiger partial charge is 0.298 e. The minimum absolute atomic E-state index is 0.0937. The predicted octanol–water partition coefficient (Wildman–Crippen LogP) is 3.76. The molecule has 0 aliphatic rings. The first-order valence-electron chi connectivity index (χ1n) is 4.65. The van der Waals surface area contributed by atoms with E-state index in [9.17, 15) is 9.18 Å². The molecule has 15 heavy (non-hydrogen) atoms. The molecule has 0 saturated heterocycles. The monoisotopic (exact) mass is 292 g/mol. The van der Waals surface area contributed by atoms with Gasteiger partial charge in [-0.25, -0.2) is 4.39 Å². The van der Waals surface area contributed by atoms with Crippen LogP contribution in [0.15, 0.2) is 18.2 Å². The van der Waals surface area contributed by atoms with Gasteiger partial charge in [-0.2, -0.15) is 0 Å². The predicted molar refractivity (Wildman–Crippen MR) is 63.1 cm³/mol. The van der Waals surface area contributed by atoms with Crippen molar-refractivity contribution in [2.24, 2.45) is 0 Å². The number of ketones is 1. The summed E-state index contributed by atoms with van der Waals surface area (Å²) < 4.78 is 12.9. The standard InChI is InChI=1S/C11H11BrClFO/c1-2-11(15)8(12)5-7-3-4-10(14)9(13)6-7/h3-4,6,8H,2,5H2,1H3. The Hall–Kier alpha value is -0.410. The maximum Gasteiger partial charge on any atom is 0.146 e. The van der Waals surface area contributed by atoms with Crippen LogP contribution >= 0.6 is 27.5 Å². The van der Waals surface area contributed by atoms with Gasteiger partial charge in [0.15, 0.2) is 0 Å². The zero-order chi connectivity index (χ0) is 11.4. The molecule has 1 rings (SSSR count). The summed E-state index contributed by atoms with van der Waals surface area (Å²) in [4.78, 5) is 11.1. The number of halogens is 3. The number of alkyl halides is 1.